The molecule has 1 aromatic heterocycles. The van der Waals surface area contributed by atoms with E-state index in [1.165, 1.54) is 0 Å². The van der Waals surface area contributed by atoms with Crippen LogP contribution in [0.25, 0.3) is 11.3 Å². The van der Waals surface area contributed by atoms with E-state index < -0.39 is 5.97 Å². The number of benzene rings is 1. The van der Waals surface area contributed by atoms with Crippen molar-refractivity contribution in [3.05, 3.63) is 30.5 Å². The lowest BCUT2D eigenvalue weighted by Gasteiger charge is -2.03. The summed E-state index contributed by atoms with van der Waals surface area (Å²) >= 11 is 1.16. The average Bonchev–Trinajstić information content (AvgIpc) is 2.86. The van der Waals surface area contributed by atoms with Gasteiger partial charge in [-0.25, -0.2) is 4.98 Å². The maximum absolute atomic E-state index is 10.5. The van der Waals surface area contributed by atoms with E-state index in [0.29, 0.717) is 11.8 Å². The van der Waals surface area contributed by atoms with Gasteiger partial charge in [0.1, 0.15) is 5.75 Å². The van der Waals surface area contributed by atoms with Gasteiger partial charge in [-0.05, 0) is 36.8 Å². The lowest BCUT2D eigenvalue weighted by atomic mass is 10.2. The van der Waals surface area contributed by atoms with Crippen LogP contribution in [-0.4, -0.2) is 33.4 Å². The Morgan fingerprint density at radius 3 is 2.79 bits per heavy atom. The van der Waals surface area contributed by atoms with E-state index in [-0.39, 0.29) is 5.75 Å². The summed E-state index contributed by atoms with van der Waals surface area (Å²) in [5, 5.41) is 9.21. The van der Waals surface area contributed by atoms with E-state index in [4.69, 9.17) is 9.84 Å². The quantitative estimate of drug-likeness (QED) is 0.794. The number of carbonyl (C=O) groups is 1. The minimum atomic E-state index is -0.857. The van der Waals surface area contributed by atoms with Gasteiger partial charge in [-0.3, -0.25) is 4.79 Å². The topological polar surface area (TPSA) is 75.2 Å². The number of rotatable bonds is 6. The molecule has 0 saturated heterocycles. The third kappa shape index (κ3) is 3.75. The molecule has 0 aliphatic rings. The lowest BCUT2D eigenvalue weighted by Crippen LogP contribution is -1.97. The van der Waals surface area contributed by atoms with Crippen LogP contribution in [0.2, 0.25) is 0 Å². The van der Waals surface area contributed by atoms with Gasteiger partial charge in [0.15, 0.2) is 5.16 Å². The Kier molecular flexibility index (Phi) is 4.46. The number of aromatic amines is 1. The number of imidazole rings is 1. The van der Waals surface area contributed by atoms with Crippen LogP contribution in [0.3, 0.4) is 0 Å². The number of carboxylic acid groups (broad SMARTS) is 1. The van der Waals surface area contributed by atoms with Crippen LogP contribution < -0.4 is 4.74 Å². The maximum Gasteiger partial charge on any atom is 0.313 e. The molecule has 2 aromatic rings. The van der Waals surface area contributed by atoms with Crippen molar-refractivity contribution in [3.8, 4) is 17.0 Å². The first-order valence-electron chi connectivity index (χ1n) is 5.82. The van der Waals surface area contributed by atoms with Crippen LogP contribution in [0, 0.1) is 0 Å². The standard InChI is InChI=1S/C13H14N2O3S/c1-2-18-10-5-3-9(4-6-10)11-7-14-13(15-11)19-8-12(16)17/h3-7H,2,8H2,1H3,(H,14,15)(H,16,17). The molecule has 19 heavy (non-hydrogen) atoms. The van der Waals surface area contributed by atoms with Crippen LogP contribution in [-0.2, 0) is 4.79 Å². The van der Waals surface area contributed by atoms with E-state index >= 15 is 0 Å². The Hall–Kier alpha value is -1.95. The molecule has 2 N–H and O–H groups in total. The van der Waals surface area contributed by atoms with Gasteiger partial charge in [-0.1, -0.05) is 11.8 Å². The van der Waals surface area contributed by atoms with E-state index in [9.17, 15) is 4.79 Å². The monoisotopic (exact) mass is 278 g/mol. The number of thioether (sulfide) groups is 1. The zero-order valence-electron chi connectivity index (χ0n) is 10.4. The van der Waals surface area contributed by atoms with Crippen LogP contribution >= 0.6 is 11.8 Å². The summed E-state index contributed by atoms with van der Waals surface area (Å²) in [4.78, 5) is 17.7. The molecular formula is C13H14N2O3S. The highest BCUT2D eigenvalue weighted by atomic mass is 32.2. The van der Waals surface area contributed by atoms with E-state index in [2.05, 4.69) is 9.97 Å². The van der Waals surface area contributed by atoms with Crippen LogP contribution in [0.1, 0.15) is 6.92 Å². The molecule has 0 fully saturated rings. The number of aromatic nitrogens is 2. The normalized spacial score (nSPS) is 10.4. The molecule has 0 atom stereocenters. The predicted octanol–water partition coefficient (Wildman–Crippen LogP) is 2.65. The van der Waals surface area contributed by atoms with E-state index in [1.807, 2.05) is 31.2 Å². The summed E-state index contributed by atoms with van der Waals surface area (Å²) in [5.74, 6) is -0.0359. The van der Waals surface area contributed by atoms with Crippen molar-refractivity contribution in [1.82, 2.24) is 9.97 Å². The minimum absolute atomic E-state index is 0.00374. The Balaban J connectivity index is 2.07. The molecule has 0 amide bonds. The zero-order chi connectivity index (χ0) is 13.7. The van der Waals surface area contributed by atoms with Crippen molar-refractivity contribution in [2.75, 3.05) is 12.4 Å². The molecule has 1 heterocycles. The number of carboxylic acids is 1. The van der Waals surface area contributed by atoms with Gasteiger partial charge in [0.25, 0.3) is 0 Å². The van der Waals surface area contributed by atoms with E-state index in [1.54, 1.807) is 6.20 Å². The second-order valence-electron chi connectivity index (χ2n) is 3.74. The number of H-pyrrole nitrogens is 1. The first-order chi connectivity index (χ1) is 9.19. The third-order valence-electron chi connectivity index (χ3n) is 2.36. The van der Waals surface area contributed by atoms with Crippen molar-refractivity contribution in [1.29, 1.82) is 0 Å². The summed E-state index contributed by atoms with van der Waals surface area (Å²) in [6.07, 6.45) is 1.69. The second kappa shape index (κ2) is 6.29. The predicted molar refractivity (Wildman–Crippen MR) is 73.6 cm³/mol. The molecule has 0 unspecified atom stereocenters. The van der Waals surface area contributed by atoms with Gasteiger partial charge in [-0.15, -0.1) is 0 Å². The number of nitrogens with one attached hydrogen (secondary N) is 1. The minimum Gasteiger partial charge on any atom is -0.494 e. The molecular weight excluding hydrogens is 264 g/mol. The Morgan fingerprint density at radius 1 is 1.42 bits per heavy atom. The zero-order valence-corrected chi connectivity index (χ0v) is 11.2. The van der Waals surface area contributed by atoms with Gasteiger partial charge < -0.3 is 14.8 Å². The summed E-state index contributed by atoms with van der Waals surface area (Å²) in [6.45, 7) is 2.58. The van der Waals surface area contributed by atoms with Crippen LogP contribution in [0.15, 0.2) is 35.6 Å². The van der Waals surface area contributed by atoms with E-state index in [0.717, 1.165) is 28.8 Å². The molecule has 5 nitrogen and oxygen atoms in total. The first-order valence-corrected chi connectivity index (χ1v) is 6.80. The fourth-order valence-corrected chi connectivity index (χ4v) is 2.12. The fourth-order valence-electron chi connectivity index (χ4n) is 1.55. The Labute approximate surface area is 115 Å². The highest BCUT2D eigenvalue weighted by molar-refractivity contribution is 7.99. The molecule has 2 rings (SSSR count). The number of hydrogen-bond donors (Lipinski definition) is 2. The van der Waals surface area contributed by atoms with Crippen molar-refractivity contribution >= 4 is 17.7 Å². The van der Waals surface area contributed by atoms with Gasteiger partial charge in [-0.2, -0.15) is 0 Å². The number of aliphatic carboxylic acids is 1. The maximum atomic E-state index is 10.5. The molecule has 1 aromatic carbocycles. The summed E-state index contributed by atoms with van der Waals surface area (Å²) < 4.78 is 5.37. The smallest absolute Gasteiger partial charge is 0.313 e. The van der Waals surface area contributed by atoms with Crippen molar-refractivity contribution in [2.45, 2.75) is 12.1 Å². The molecule has 6 heteroatoms. The number of nitrogens with zero attached hydrogens (tertiary/aromatic N) is 1. The number of ether oxygens (including phenoxy) is 1. The second-order valence-corrected chi connectivity index (χ2v) is 4.71. The van der Waals surface area contributed by atoms with Crippen molar-refractivity contribution in [2.24, 2.45) is 0 Å². The molecule has 0 aliphatic carbocycles. The third-order valence-corrected chi connectivity index (χ3v) is 3.23. The molecule has 0 bridgehead atoms. The molecule has 0 saturated carbocycles. The van der Waals surface area contributed by atoms with Gasteiger partial charge in [0, 0.05) is 0 Å². The summed E-state index contributed by atoms with van der Waals surface area (Å²) in [6, 6.07) is 7.65. The Morgan fingerprint density at radius 2 is 2.16 bits per heavy atom. The van der Waals surface area contributed by atoms with Gasteiger partial charge in [0.05, 0.1) is 24.3 Å². The van der Waals surface area contributed by atoms with Crippen LogP contribution in [0.5, 0.6) is 5.75 Å². The molecule has 100 valence electrons. The summed E-state index contributed by atoms with van der Waals surface area (Å²) in [7, 11) is 0. The van der Waals surface area contributed by atoms with Gasteiger partial charge in [0.2, 0.25) is 0 Å². The van der Waals surface area contributed by atoms with Crippen molar-refractivity contribution in [3.63, 3.8) is 0 Å². The SMILES string of the molecule is CCOc1ccc(-c2cnc(SCC(=O)O)[nH]2)cc1. The fraction of sp³-hybridized carbons (Fsp3) is 0.231. The number of hydrogen-bond acceptors (Lipinski definition) is 4. The van der Waals surface area contributed by atoms with Gasteiger partial charge >= 0.3 is 5.97 Å². The summed E-state index contributed by atoms with van der Waals surface area (Å²) in [5.41, 5.74) is 1.84. The molecule has 0 spiro atoms. The molecule has 0 radical (unpaired) electrons. The van der Waals surface area contributed by atoms with Crippen molar-refractivity contribution < 1.29 is 14.6 Å². The molecule has 0 aliphatic heterocycles. The average molecular weight is 278 g/mol. The first kappa shape index (κ1) is 13.5. The van der Waals surface area contributed by atoms with Crippen LogP contribution in [0.4, 0.5) is 0 Å². The largest absolute Gasteiger partial charge is 0.494 e. The Bertz CT molecular complexity index is 551. The lowest BCUT2D eigenvalue weighted by molar-refractivity contribution is -0.133. The highest BCUT2D eigenvalue weighted by Gasteiger charge is 2.06. The highest BCUT2D eigenvalue weighted by Crippen LogP contribution is 2.23.